The molecule has 1 aromatic heterocycles. The first-order chi connectivity index (χ1) is 8.14. The van der Waals surface area contributed by atoms with Gasteiger partial charge in [-0.1, -0.05) is 20.8 Å². The molecule has 0 amide bonds. The Kier molecular flexibility index (Phi) is 2.95. The Bertz CT molecular complexity index is 422. The number of halogens is 3. The van der Waals surface area contributed by atoms with E-state index in [-0.39, 0.29) is 10.8 Å². The van der Waals surface area contributed by atoms with Crippen LogP contribution < -0.4 is 0 Å². The van der Waals surface area contributed by atoms with E-state index < -0.39 is 11.7 Å². The van der Waals surface area contributed by atoms with Crippen LogP contribution in [0.5, 0.6) is 0 Å². The molecule has 1 saturated carbocycles. The third-order valence-corrected chi connectivity index (χ3v) is 4.12. The molecule has 0 aliphatic heterocycles. The second-order valence-corrected chi connectivity index (χ2v) is 6.24. The minimum atomic E-state index is -4.30. The number of pyridine rings is 1. The molecule has 2 rings (SSSR count). The van der Waals surface area contributed by atoms with Crippen LogP contribution in [0.2, 0.25) is 0 Å². The van der Waals surface area contributed by atoms with Crippen molar-refractivity contribution in [2.45, 2.75) is 46.2 Å². The van der Waals surface area contributed by atoms with E-state index in [1.54, 1.807) is 0 Å². The molecular weight excluding hydrogens is 239 g/mol. The lowest BCUT2D eigenvalue weighted by Crippen LogP contribution is -2.24. The van der Waals surface area contributed by atoms with Gasteiger partial charge in [-0.05, 0) is 42.2 Å². The van der Waals surface area contributed by atoms with Crippen LogP contribution in [0.3, 0.4) is 0 Å². The Balaban J connectivity index is 2.13. The lowest BCUT2D eigenvalue weighted by molar-refractivity contribution is -0.137. The summed E-state index contributed by atoms with van der Waals surface area (Å²) < 4.78 is 37.3. The van der Waals surface area contributed by atoms with Crippen molar-refractivity contribution in [2.75, 3.05) is 0 Å². The second kappa shape index (κ2) is 3.97. The summed E-state index contributed by atoms with van der Waals surface area (Å²) in [5, 5.41) is 0. The van der Waals surface area contributed by atoms with Gasteiger partial charge in [0.15, 0.2) is 0 Å². The first-order valence-corrected chi connectivity index (χ1v) is 6.16. The Hall–Kier alpha value is -1.06. The largest absolute Gasteiger partial charge is 0.417 e. The molecule has 0 spiro atoms. The Morgan fingerprint density at radius 1 is 1.17 bits per heavy atom. The molecule has 1 aliphatic rings. The van der Waals surface area contributed by atoms with Crippen LogP contribution in [-0.4, -0.2) is 4.98 Å². The van der Waals surface area contributed by atoms with Gasteiger partial charge in [-0.25, -0.2) is 0 Å². The highest BCUT2D eigenvalue weighted by atomic mass is 19.4. The maximum atomic E-state index is 12.4. The molecule has 1 heterocycles. The van der Waals surface area contributed by atoms with Crippen molar-refractivity contribution in [2.24, 2.45) is 10.8 Å². The van der Waals surface area contributed by atoms with Crippen LogP contribution in [0.15, 0.2) is 18.3 Å². The average Bonchev–Trinajstić information content (AvgIpc) is 2.97. The van der Waals surface area contributed by atoms with Gasteiger partial charge in [-0.3, -0.25) is 4.98 Å². The summed E-state index contributed by atoms with van der Waals surface area (Å²) in [5.41, 5.74) is 0.485. The van der Waals surface area contributed by atoms with Crippen molar-refractivity contribution in [3.05, 3.63) is 29.6 Å². The normalized spacial score (nSPS) is 18.8. The van der Waals surface area contributed by atoms with E-state index in [9.17, 15) is 13.2 Å². The zero-order valence-electron chi connectivity index (χ0n) is 10.9. The lowest BCUT2D eigenvalue weighted by Gasteiger charge is -2.30. The van der Waals surface area contributed by atoms with Crippen molar-refractivity contribution >= 4 is 0 Å². The predicted molar refractivity (Wildman–Crippen MR) is 64.1 cm³/mol. The maximum Gasteiger partial charge on any atom is 0.417 e. The molecule has 0 atom stereocenters. The molecule has 1 nitrogen and oxygen atoms in total. The highest BCUT2D eigenvalue weighted by molar-refractivity contribution is 5.19. The van der Waals surface area contributed by atoms with E-state index in [0.29, 0.717) is 0 Å². The number of alkyl halides is 3. The van der Waals surface area contributed by atoms with E-state index in [0.717, 1.165) is 37.2 Å². The van der Waals surface area contributed by atoms with Gasteiger partial charge in [-0.15, -0.1) is 0 Å². The van der Waals surface area contributed by atoms with Crippen LogP contribution in [0.1, 0.15) is 44.9 Å². The molecule has 100 valence electrons. The molecule has 0 saturated heterocycles. The lowest BCUT2D eigenvalue weighted by atomic mass is 9.75. The van der Waals surface area contributed by atoms with E-state index in [1.807, 2.05) is 0 Å². The summed E-state index contributed by atoms with van der Waals surface area (Å²) in [5.74, 6) is 0. The summed E-state index contributed by atoms with van der Waals surface area (Å²) in [4.78, 5) is 3.96. The quantitative estimate of drug-likeness (QED) is 0.761. The fraction of sp³-hybridized carbons (Fsp3) is 0.643. The fourth-order valence-corrected chi connectivity index (χ4v) is 2.39. The van der Waals surface area contributed by atoms with E-state index in [2.05, 4.69) is 25.8 Å². The molecule has 0 bridgehead atoms. The van der Waals surface area contributed by atoms with Crippen molar-refractivity contribution in [3.63, 3.8) is 0 Å². The topological polar surface area (TPSA) is 12.9 Å². The van der Waals surface area contributed by atoms with Crippen molar-refractivity contribution in [1.82, 2.24) is 4.98 Å². The van der Waals surface area contributed by atoms with E-state index in [4.69, 9.17) is 0 Å². The fourth-order valence-electron chi connectivity index (χ4n) is 2.39. The Morgan fingerprint density at radius 2 is 1.78 bits per heavy atom. The maximum absolute atomic E-state index is 12.4. The first kappa shape index (κ1) is 13.4. The SMILES string of the molecule is CC(C)(C)C1(Cc2ccc(C(F)(F)F)cn2)CC1. The summed E-state index contributed by atoms with van der Waals surface area (Å²) in [6.45, 7) is 6.55. The van der Waals surface area contributed by atoms with E-state index in [1.165, 1.54) is 6.07 Å². The number of hydrogen-bond donors (Lipinski definition) is 0. The summed E-state index contributed by atoms with van der Waals surface area (Å²) >= 11 is 0. The van der Waals surface area contributed by atoms with Crippen LogP contribution in [0.25, 0.3) is 0 Å². The molecule has 1 aromatic rings. The molecule has 1 aliphatic carbocycles. The molecule has 0 unspecified atom stereocenters. The summed E-state index contributed by atoms with van der Waals surface area (Å²) in [7, 11) is 0. The zero-order valence-corrected chi connectivity index (χ0v) is 10.9. The summed E-state index contributed by atoms with van der Waals surface area (Å²) in [6.07, 6.45) is -0.312. The molecule has 0 aromatic carbocycles. The Labute approximate surface area is 105 Å². The number of aromatic nitrogens is 1. The third kappa shape index (κ3) is 2.52. The highest BCUT2D eigenvalue weighted by Gasteiger charge is 2.51. The van der Waals surface area contributed by atoms with Gasteiger partial charge >= 0.3 is 6.18 Å². The highest BCUT2D eigenvalue weighted by Crippen LogP contribution is 2.60. The minimum absolute atomic E-state index is 0.178. The molecule has 1 fully saturated rings. The molecule has 4 heteroatoms. The smallest absolute Gasteiger partial charge is 0.261 e. The number of hydrogen-bond acceptors (Lipinski definition) is 1. The molecule has 0 radical (unpaired) electrons. The van der Waals surface area contributed by atoms with Crippen LogP contribution in [0.4, 0.5) is 13.2 Å². The third-order valence-electron chi connectivity index (χ3n) is 4.12. The Morgan fingerprint density at radius 3 is 2.11 bits per heavy atom. The summed E-state index contributed by atoms with van der Waals surface area (Å²) in [6, 6.07) is 2.63. The van der Waals surface area contributed by atoms with Gasteiger partial charge in [0.2, 0.25) is 0 Å². The minimum Gasteiger partial charge on any atom is -0.261 e. The van der Waals surface area contributed by atoms with Gasteiger partial charge in [0, 0.05) is 11.9 Å². The monoisotopic (exact) mass is 257 g/mol. The van der Waals surface area contributed by atoms with Gasteiger partial charge in [0.05, 0.1) is 5.56 Å². The molecular formula is C14H18F3N. The zero-order chi connectivity index (χ0) is 13.6. The van der Waals surface area contributed by atoms with Gasteiger partial charge in [0.25, 0.3) is 0 Å². The van der Waals surface area contributed by atoms with Crippen LogP contribution in [-0.2, 0) is 12.6 Å². The predicted octanol–water partition coefficient (Wildman–Crippen LogP) is 4.47. The first-order valence-electron chi connectivity index (χ1n) is 6.16. The van der Waals surface area contributed by atoms with Gasteiger partial charge in [0.1, 0.15) is 0 Å². The second-order valence-electron chi connectivity index (χ2n) is 6.24. The van der Waals surface area contributed by atoms with Crippen molar-refractivity contribution in [3.8, 4) is 0 Å². The van der Waals surface area contributed by atoms with Crippen molar-refractivity contribution in [1.29, 1.82) is 0 Å². The molecule has 18 heavy (non-hydrogen) atoms. The van der Waals surface area contributed by atoms with Gasteiger partial charge < -0.3 is 0 Å². The van der Waals surface area contributed by atoms with Crippen LogP contribution >= 0.6 is 0 Å². The molecule has 0 N–H and O–H groups in total. The number of nitrogens with zero attached hydrogens (tertiary/aromatic N) is 1. The number of rotatable bonds is 2. The van der Waals surface area contributed by atoms with E-state index >= 15 is 0 Å². The van der Waals surface area contributed by atoms with Crippen molar-refractivity contribution < 1.29 is 13.2 Å². The van der Waals surface area contributed by atoms with Gasteiger partial charge in [-0.2, -0.15) is 13.2 Å². The standard InChI is InChI=1S/C14H18F3N/c1-12(2,3)13(6-7-13)8-11-5-4-10(9-18-11)14(15,16)17/h4-5,9H,6-8H2,1-3H3. The average molecular weight is 257 g/mol. The van der Waals surface area contributed by atoms with Crippen LogP contribution in [0, 0.1) is 10.8 Å².